The number of hydrogen-bond donors (Lipinski definition) is 1. The Morgan fingerprint density at radius 1 is 1.33 bits per heavy atom. The molecule has 0 unspecified atom stereocenters. The van der Waals surface area contributed by atoms with Gasteiger partial charge in [-0.1, -0.05) is 6.92 Å². The third kappa shape index (κ3) is 3.02. The number of carboxylic acid groups (broad SMARTS) is 1. The minimum absolute atomic E-state index is 0.0119. The van der Waals surface area contributed by atoms with Gasteiger partial charge in [-0.3, -0.25) is 24.2 Å². The highest BCUT2D eigenvalue weighted by Crippen LogP contribution is 2.05. The first-order valence-electron chi connectivity index (χ1n) is 4.82. The van der Waals surface area contributed by atoms with E-state index in [1.165, 1.54) is 9.80 Å². The van der Waals surface area contributed by atoms with Crippen LogP contribution in [0.3, 0.4) is 0 Å². The monoisotopic (exact) mass is 214 g/mol. The zero-order valence-corrected chi connectivity index (χ0v) is 8.60. The van der Waals surface area contributed by atoms with Gasteiger partial charge in [0.2, 0.25) is 11.8 Å². The summed E-state index contributed by atoms with van der Waals surface area (Å²) in [4.78, 5) is 35.8. The average Bonchev–Trinajstić information content (AvgIpc) is 2.10. The van der Waals surface area contributed by atoms with E-state index in [1.54, 1.807) is 0 Å². The second-order valence-electron chi connectivity index (χ2n) is 3.48. The van der Waals surface area contributed by atoms with E-state index in [1.807, 2.05) is 6.92 Å². The van der Waals surface area contributed by atoms with Crippen molar-refractivity contribution in [2.75, 3.05) is 26.2 Å². The quantitative estimate of drug-likeness (QED) is 0.617. The maximum absolute atomic E-state index is 11.5. The number of carbonyl (C=O) groups is 3. The Morgan fingerprint density at radius 3 is 2.27 bits per heavy atom. The minimum atomic E-state index is -1.03. The molecule has 15 heavy (non-hydrogen) atoms. The van der Waals surface area contributed by atoms with E-state index in [0.717, 1.165) is 6.42 Å². The predicted molar refractivity (Wildman–Crippen MR) is 51.1 cm³/mol. The summed E-state index contributed by atoms with van der Waals surface area (Å²) in [5.41, 5.74) is 0. The van der Waals surface area contributed by atoms with E-state index in [0.29, 0.717) is 6.54 Å². The van der Waals surface area contributed by atoms with Gasteiger partial charge in [-0.25, -0.2) is 0 Å². The van der Waals surface area contributed by atoms with Gasteiger partial charge >= 0.3 is 5.97 Å². The van der Waals surface area contributed by atoms with Crippen LogP contribution in [0.4, 0.5) is 0 Å². The van der Waals surface area contributed by atoms with Gasteiger partial charge in [0.15, 0.2) is 0 Å². The molecule has 1 N–H and O–H groups in total. The van der Waals surface area contributed by atoms with Crippen LogP contribution in [0, 0.1) is 0 Å². The van der Waals surface area contributed by atoms with Crippen LogP contribution in [-0.2, 0) is 14.4 Å². The van der Waals surface area contributed by atoms with Crippen LogP contribution in [0.1, 0.15) is 13.3 Å². The van der Waals surface area contributed by atoms with Crippen LogP contribution < -0.4 is 0 Å². The lowest BCUT2D eigenvalue weighted by atomic mass is 10.2. The molecule has 0 aromatic rings. The van der Waals surface area contributed by atoms with Crippen LogP contribution in [0.2, 0.25) is 0 Å². The van der Waals surface area contributed by atoms with Crippen LogP contribution in [0.25, 0.3) is 0 Å². The van der Waals surface area contributed by atoms with E-state index in [2.05, 4.69) is 0 Å². The first kappa shape index (κ1) is 11.6. The molecule has 0 spiro atoms. The number of hydrogen-bond acceptors (Lipinski definition) is 4. The third-order valence-electron chi connectivity index (χ3n) is 2.13. The van der Waals surface area contributed by atoms with Crippen molar-refractivity contribution in [3.63, 3.8) is 0 Å². The average molecular weight is 214 g/mol. The zero-order chi connectivity index (χ0) is 11.4. The SMILES string of the molecule is CCCN1C(=O)CN(CC(=O)O)CC1=O. The normalized spacial score (nSPS) is 18.3. The minimum Gasteiger partial charge on any atom is -0.480 e. The van der Waals surface area contributed by atoms with Crippen LogP contribution in [0.15, 0.2) is 0 Å². The molecule has 84 valence electrons. The van der Waals surface area contributed by atoms with E-state index in [4.69, 9.17) is 5.11 Å². The van der Waals surface area contributed by atoms with E-state index in [-0.39, 0.29) is 31.4 Å². The van der Waals surface area contributed by atoms with Crippen molar-refractivity contribution in [3.8, 4) is 0 Å². The van der Waals surface area contributed by atoms with Crippen LogP contribution in [0.5, 0.6) is 0 Å². The largest absolute Gasteiger partial charge is 0.480 e. The number of aliphatic carboxylic acids is 1. The lowest BCUT2D eigenvalue weighted by Gasteiger charge is -2.31. The molecule has 1 heterocycles. The highest BCUT2D eigenvalue weighted by molar-refractivity contribution is 5.99. The molecule has 1 fully saturated rings. The van der Waals surface area contributed by atoms with Gasteiger partial charge < -0.3 is 5.11 Å². The first-order chi connectivity index (χ1) is 7.04. The molecule has 0 aromatic heterocycles. The van der Waals surface area contributed by atoms with Gasteiger partial charge in [-0.15, -0.1) is 0 Å². The summed E-state index contributed by atoms with van der Waals surface area (Å²) in [6.45, 7) is 2.05. The molecule has 6 heteroatoms. The standard InChI is InChI=1S/C9H14N2O4/c1-2-3-11-7(12)4-10(5-8(11)13)6-9(14)15/h2-6H2,1H3,(H,14,15). The van der Waals surface area contributed by atoms with Gasteiger partial charge in [-0.2, -0.15) is 0 Å². The number of piperazine rings is 1. The van der Waals surface area contributed by atoms with Gasteiger partial charge in [0.1, 0.15) is 0 Å². The highest BCUT2D eigenvalue weighted by atomic mass is 16.4. The predicted octanol–water partition coefficient (Wildman–Crippen LogP) is -0.848. The van der Waals surface area contributed by atoms with Crippen molar-refractivity contribution in [2.45, 2.75) is 13.3 Å². The van der Waals surface area contributed by atoms with Gasteiger partial charge in [0.25, 0.3) is 0 Å². The molecule has 0 aromatic carbocycles. The van der Waals surface area contributed by atoms with Crippen molar-refractivity contribution >= 4 is 17.8 Å². The molecular formula is C9H14N2O4. The summed E-state index contributed by atoms with van der Waals surface area (Å²) in [7, 11) is 0. The molecule has 0 aliphatic carbocycles. The van der Waals surface area contributed by atoms with Crippen molar-refractivity contribution in [1.82, 2.24) is 9.80 Å². The Morgan fingerprint density at radius 2 is 1.87 bits per heavy atom. The van der Waals surface area contributed by atoms with Crippen LogP contribution >= 0.6 is 0 Å². The molecular weight excluding hydrogens is 200 g/mol. The van der Waals surface area contributed by atoms with Gasteiger partial charge in [0, 0.05) is 6.54 Å². The lowest BCUT2D eigenvalue weighted by Crippen LogP contribution is -2.54. The number of carboxylic acids is 1. The molecule has 0 saturated carbocycles. The van der Waals surface area contributed by atoms with Gasteiger partial charge in [0.05, 0.1) is 19.6 Å². The second kappa shape index (κ2) is 4.88. The molecule has 2 amide bonds. The number of rotatable bonds is 4. The summed E-state index contributed by atoms with van der Waals surface area (Å²) >= 11 is 0. The Hall–Kier alpha value is -1.43. The molecule has 1 saturated heterocycles. The summed E-state index contributed by atoms with van der Waals surface area (Å²) in [5, 5.41) is 8.53. The molecule has 0 radical (unpaired) electrons. The Bertz CT molecular complexity index is 272. The molecule has 0 atom stereocenters. The zero-order valence-electron chi connectivity index (χ0n) is 8.60. The number of amides is 2. The second-order valence-corrected chi connectivity index (χ2v) is 3.48. The van der Waals surface area contributed by atoms with Gasteiger partial charge in [-0.05, 0) is 6.42 Å². The molecule has 1 aliphatic rings. The summed E-state index contributed by atoms with van der Waals surface area (Å²) in [5.74, 6) is -1.65. The van der Waals surface area contributed by atoms with Crippen molar-refractivity contribution in [2.24, 2.45) is 0 Å². The summed E-state index contributed by atoms with van der Waals surface area (Å²) < 4.78 is 0. The third-order valence-corrected chi connectivity index (χ3v) is 2.13. The topological polar surface area (TPSA) is 77.9 Å². The first-order valence-corrected chi connectivity index (χ1v) is 4.82. The fourth-order valence-electron chi connectivity index (χ4n) is 1.52. The Kier molecular flexibility index (Phi) is 3.79. The van der Waals surface area contributed by atoms with Crippen LogP contribution in [-0.4, -0.2) is 58.9 Å². The van der Waals surface area contributed by atoms with Crippen molar-refractivity contribution in [3.05, 3.63) is 0 Å². The Labute approximate surface area is 87.5 Å². The molecule has 1 aliphatic heterocycles. The van der Waals surface area contributed by atoms with E-state index < -0.39 is 5.97 Å². The van der Waals surface area contributed by atoms with E-state index >= 15 is 0 Å². The lowest BCUT2D eigenvalue weighted by molar-refractivity contribution is -0.152. The Balaban J connectivity index is 2.58. The fourth-order valence-corrected chi connectivity index (χ4v) is 1.52. The van der Waals surface area contributed by atoms with Crippen molar-refractivity contribution in [1.29, 1.82) is 0 Å². The van der Waals surface area contributed by atoms with E-state index in [9.17, 15) is 14.4 Å². The number of carbonyl (C=O) groups excluding carboxylic acids is 2. The smallest absolute Gasteiger partial charge is 0.317 e. The molecule has 1 rings (SSSR count). The highest BCUT2D eigenvalue weighted by Gasteiger charge is 2.30. The molecule has 0 bridgehead atoms. The molecule has 6 nitrogen and oxygen atoms in total. The number of imide groups is 1. The maximum Gasteiger partial charge on any atom is 0.317 e. The summed E-state index contributed by atoms with van der Waals surface area (Å²) in [6, 6.07) is 0. The summed E-state index contributed by atoms with van der Waals surface area (Å²) in [6.07, 6.45) is 0.719. The van der Waals surface area contributed by atoms with Crippen molar-refractivity contribution < 1.29 is 19.5 Å². The maximum atomic E-state index is 11.5. The fraction of sp³-hybridized carbons (Fsp3) is 0.667. The number of nitrogens with zero attached hydrogens (tertiary/aromatic N) is 2.